The van der Waals surface area contributed by atoms with E-state index < -0.39 is 0 Å². The summed E-state index contributed by atoms with van der Waals surface area (Å²) in [7, 11) is 0. The molecule has 2 unspecified atom stereocenters. The van der Waals surface area contributed by atoms with Gasteiger partial charge in [-0.1, -0.05) is 6.07 Å². The van der Waals surface area contributed by atoms with Crippen LogP contribution in [0.4, 0.5) is 4.39 Å². The van der Waals surface area contributed by atoms with Gasteiger partial charge in [0.25, 0.3) is 0 Å². The largest absolute Gasteiger partial charge is 0.380 e. The van der Waals surface area contributed by atoms with E-state index in [4.69, 9.17) is 10.5 Å². The molecule has 1 aliphatic rings. The average Bonchev–Trinajstić information content (AvgIpc) is 2.22. The molecule has 0 spiro atoms. The zero-order valence-corrected chi connectivity index (χ0v) is 9.17. The molecule has 0 amide bonds. The zero-order valence-electron chi connectivity index (χ0n) is 8.36. The number of thioether (sulfide) groups is 1. The minimum absolute atomic E-state index is 0.145. The number of nitrogens with two attached hydrogens (primary N) is 1. The topological polar surface area (TPSA) is 35.2 Å². The molecule has 0 saturated carbocycles. The normalized spacial score (nSPS) is 26.5. The lowest BCUT2D eigenvalue weighted by molar-refractivity contribution is 0.0916. The molecule has 15 heavy (non-hydrogen) atoms. The highest BCUT2D eigenvalue weighted by Crippen LogP contribution is 2.28. The van der Waals surface area contributed by atoms with Gasteiger partial charge in [0.2, 0.25) is 0 Å². The zero-order chi connectivity index (χ0) is 10.7. The Labute approximate surface area is 93.0 Å². The fourth-order valence-electron chi connectivity index (χ4n) is 1.56. The summed E-state index contributed by atoms with van der Waals surface area (Å²) in [5, 5.41) is 0.237. The Morgan fingerprint density at radius 3 is 3.07 bits per heavy atom. The molecule has 2 rings (SSSR count). The molecule has 0 bridgehead atoms. The van der Waals surface area contributed by atoms with Crippen LogP contribution in [0.15, 0.2) is 29.2 Å². The van der Waals surface area contributed by atoms with Crippen LogP contribution in [0.2, 0.25) is 0 Å². The minimum atomic E-state index is -0.203. The van der Waals surface area contributed by atoms with E-state index in [9.17, 15) is 4.39 Å². The molecule has 4 heteroatoms. The number of ether oxygens (including phenoxy) is 1. The average molecular weight is 227 g/mol. The maximum Gasteiger partial charge on any atom is 0.124 e. The van der Waals surface area contributed by atoms with E-state index in [1.54, 1.807) is 17.8 Å². The first-order chi connectivity index (χ1) is 7.25. The van der Waals surface area contributed by atoms with Gasteiger partial charge in [0, 0.05) is 22.8 Å². The summed E-state index contributed by atoms with van der Waals surface area (Å²) >= 11 is 1.60. The predicted octanol–water partition coefficient (Wildman–Crippen LogP) is 2.03. The van der Waals surface area contributed by atoms with Gasteiger partial charge < -0.3 is 10.5 Å². The van der Waals surface area contributed by atoms with Gasteiger partial charge in [0.05, 0.1) is 6.61 Å². The van der Waals surface area contributed by atoms with E-state index >= 15 is 0 Å². The SMILES string of the molecule is NC1CCOCC1Sc1cccc(F)c1. The van der Waals surface area contributed by atoms with Crippen LogP contribution in [0.3, 0.4) is 0 Å². The van der Waals surface area contributed by atoms with Gasteiger partial charge in [-0.25, -0.2) is 4.39 Å². The molecule has 1 aromatic carbocycles. The maximum atomic E-state index is 12.9. The van der Waals surface area contributed by atoms with Gasteiger partial charge >= 0.3 is 0 Å². The first kappa shape index (κ1) is 10.9. The van der Waals surface area contributed by atoms with E-state index in [2.05, 4.69) is 0 Å². The molecule has 0 aliphatic carbocycles. The van der Waals surface area contributed by atoms with Crippen molar-refractivity contribution in [2.75, 3.05) is 13.2 Å². The molecule has 0 aromatic heterocycles. The second-order valence-corrected chi connectivity index (χ2v) is 4.95. The molecule has 0 radical (unpaired) electrons. The monoisotopic (exact) mass is 227 g/mol. The fourth-order valence-corrected chi connectivity index (χ4v) is 2.73. The van der Waals surface area contributed by atoms with E-state index in [1.807, 2.05) is 6.07 Å². The number of hydrogen-bond donors (Lipinski definition) is 1. The third-order valence-corrected chi connectivity index (χ3v) is 3.75. The molecule has 1 heterocycles. The van der Waals surface area contributed by atoms with Crippen LogP contribution in [0, 0.1) is 5.82 Å². The molecule has 82 valence electrons. The summed E-state index contributed by atoms with van der Waals surface area (Å²) in [6.45, 7) is 1.39. The quantitative estimate of drug-likeness (QED) is 0.839. The third kappa shape index (κ3) is 2.93. The highest BCUT2D eigenvalue weighted by molar-refractivity contribution is 8.00. The summed E-state index contributed by atoms with van der Waals surface area (Å²) in [5.41, 5.74) is 5.97. The van der Waals surface area contributed by atoms with Crippen molar-refractivity contribution in [1.82, 2.24) is 0 Å². The number of hydrogen-bond acceptors (Lipinski definition) is 3. The lowest BCUT2D eigenvalue weighted by atomic mass is 10.1. The molecule has 2 atom stereocenters. The minimum Gasteiger partial charge on any atom is -0.380 e. The second kappa shape index (κ2) is 4.96. The highest BCUT2D eigenvalue weighted by atomic mass is 32.2. The summed E-state index contributed by atoms with van der Waals surface area (Å²) in [6.07, 6.45) is 0.882. The van der Waals surface area contributed by atoms with Crippen molar-refractivity contribution in [3.8, 4) is 0 Å². The van der Waals surface area contributed by atoms with E-state index in [0.29, 0.717) is 6.61 Å². The van der Waals surface area contributed by atoms with Crippen LogP contribution in [-0.4, -0.2) is 24.5 Å². The van der Waals surface area contributed by atoms with Gasteiger partial charge in [-0.15, -0.1) is 11.8 Å². The van der Waals surface area contributed by atoms with Gasteiger partial charge in [0.1, 0.15) is 5.82 Å². The van der Waals surface area contributed by atoms with Crippen LogP contribution in [-0.2, 0) is 4.74 Å². The number of benzene rings is 1. The molecule has 2 N–H and O–H groups in total. The highest BCUT2D eigenvalue weighted by Gasteiger charge is 2.23. The number of rotatable bonds is 2. The smallest absolute Gasteiger partial charge is 0.124 e. The van der Waals surface area contributed by atoms with Crippen LogP contribution < -0.4 is 5.73 Å². The molecular weight excluding hydrogens is 213 g/mol. The Morgan fingerprint density at radius 1 is 1.47 bits per heavy atom. The van der Waals surface area contributed by atoms with E-state index in [0.717, 1.165) is 17.9 Å². The van der Waals surface area contributed by atoms with Crippen molar-refractivity contribution in [3.63, 3.8) is 0 Å². The van der Waals surface area contributed by atoms with Crippen LogP contribution in [0.25, 0.3) is 0 Å². The van der Waals surface area contributed by atoms with Crippen molar-refractivity contribution >= 4 is 11.8 Å². The Bertz CT molecular complexity index is 334. The van der Waals surface area contributed by atoms with Crippen molar-refractivity contribution in [3.05, 3.63) is 30.1 Å². The van der Waals surface area contributed by atoms with Gasteiger partial charge in [-0.05, 0) is 24.6 Å². The first-order valence-corrected chi connectivity index (χ1v) is 5.89. The maximum absolute atomic E-state index is 12.9. The summed E-state index contributed by atoms with van der Waals surface area (Å²) in [6, 6.07) is 6.74. The van der Waals surface area contributed by atoms with Crippen molar-refractivity contribution < 1.29 is 9.13 Å². The Kier molecular flexibility index (Phi) is 3.61. The Balaban J connectivity index is 2.01. The lowest BCUT2D eigenvalue weighted by Crippen LogP contribution is -2.40. The van der Waals surface area contributed by atoms with Gasteiger partial charge in [0.15, 0.2) is 0 Å². The predicted molar refractivity (Wildman–Crippen MR) is 59.5 cm³/mol. The van der Waals surface area contributed by atoms with Crippen molar-refractivity contribution in [2.45, 2.75) is 22.6 Å². The molecular formula is C11H14FNOS. The molecule has 1 saturated heterocycles. The van der Waals surface area contributed by atoms with Crippen LogP contribution in [0.1, 0.15) is 6.42 Å². The fraction of sp³-hybridized carbons (Fsp3) is 0.455. The van der Waals surface area contributed by atoms with Crippen LogP contribution >= 0.6 is 11.8 Å². The van der Waals surface area contributed by atoms with Crippen LogP contribution in [0.5, 0.6) is 0 Å². The summed E-state index contributed by atoms with van der Waals surface area (Å²) in [5.74, 6) is -0.203. The summed E-state index contributed by atoms with van der Waals surface area (Å²) < 4.78 is 18.3. The second-order valence-electron chi connectivity index (χ2n) is 3.64. The molecule has 2 nitrogen and oxygen atoms in total. The van der Waals surface area contributed by atoms with Crippen molar-refractivity contribution in [2.24, 2.45) is 5.73 Å². The number of halogens is 1. The van der Waals surface area contributed by atoms with E-state index in [1.165, 1.54) is 12.1 Å². The van der Waals surface area contributed by atoms with Gasteiger partial charge in [-0.3, -0.25) is 0 Å². The Morgan fingerprint density at radius 2 is 2.33 bits per heavy atom. The van der Waals surface area contributed by atoms with Gasteiger partial charge in [-0.2, -0.15) is 0 Å². The van der Waals surface area contributed by atoms with E-state index in [-0.39, 0.29) is 17.1 Å². The lowest BCUT2D eigenvalue weighted by Gasteiger charge is -2.28. The molecule has 1 aromatic rings. The molecule has 1 fully saturated rings. The standard InChI is InChI=1S/C11H14FNOS/c12-8-2-1-3-9(6-8)15-11-7-14-5-4-10(11)13/h1-3,6,10-11H,4-5,7,13H2. The third-order valence-electron chi connectivity index (χ3n) is 2.44. The molecule has 1 aliphatic heterocycles. The summed E-state index contributed by atoms with van der Waals surface area (Å²) in [4.78, 5) is 0.918. The Hall–Kier alpha value is -0.580. The van der Waals surface area contributed by atoms with Crippen molar-refractivity contribution in [1.29, 1.82) is 0 Å². The first-order valence-electron chi connectivity index (χ1n) is 5.01.